The second-order valence-corrected chi connectivity index (χ2v) is 11.6. The number of amides is 1. The molecule has 0 fully saturated rings. The van der Waals surface area contributed by atoms with Gasteiger partial charge in [-0.15, -0.1) is 0 Å². The number of ether oxygens (including phenoxy) is 1. The van der Waals surface area contributed by atoms with Gasteiger partial charge in [0.05, 0.1) is 0 Å². The monoisotopic (exact) mass is 604 g/mol. The van der Waals surface area contributed by atoms with Gasteiger partial charge < -0.3 is 20.9 Å². The summed E-state index contributed by atoms with van der Waals surface area (Å²) in [6.45, 7) is 4.81. The van der Waals surface area contributed by atoms with Crippen LogP contribution >= 0.6 is 0 Å². The number of carboxylic acid groups (broad SMARTS) is 1. The minimum atomic E-state index is -1.02. The first-order chi connectivity index (χ1) is 20.9. The SMILES string of the molecule is CCC/C=C\CCCCCCCC(=O)OC(/C=C\C/C=C\CCCCC)CCCCCCC(=O)NC(CCCN)C(=O)O. The number of nitrogens with two attached hydrogens (primary N) is 1. The zero-order valence-electron chi connectivity index (χ0n) is 27.5. The number of carboxylic acids is 1. The van der Waals surface area contributed by atoms with Gasteiger partial charge in [-0.25, -0.2) is 4.79 Å². The molecule has 0 aromatic rings. The molecule has 0 heterocycles. The van der Waals surface area contributed by atoms with Gasteiger partial charge in [0.2, 0.25) is 5.91 Å². The number of esters is 1. The average molecular weight is 605 g/mol. The van der Waals surface area contributed by atoms with Gasteiger partial charge in [0.1, 0.15) is 12.1 Å². The molecule has 0 aliphatic heterocycles. The Morgan fingerprint density at radius 2 is 1.33 bits per heavy atom. The summed E-state index contributed by atoms with van der Waals surface area (Å²) < 4.78 is 5.85. The van der Waals surface area contributed by atoms with Crippen molar-refractivity contribution >= 4 is 17.8 Å². The number of carbonyl (C=O) groups is 3. The fourth-order valence-corrected chi connectivity index (χ4v) is 4.75. The Kier molecular flexibility index (Phi) is 29.3. The van der Waals surface area contributed by atoms with Crippen molar-refractivity contribution in [3.8, 4) is 0 Å². The van der Waals surface area contributed by atoms with E-state index in [2.05, 4.69) is 49.5 Å². The molecule has 0 radical (unpaired) electrons. The van der Waals surface area contributed by atoms with E-state index in [1.165, 1.54) is 44.9 Å². The molecule has 0 bridgehead atoms. The third-order valence-electron chi connectivity index (χ3n) is 7.39. The van der Waals surface area contributed by atoms with E-state index in [0.29, 0.717) is 38.6 Å². The highest BCUT2D eigenvalue weighted by Crippen LogP contribution is 2.14. The Balaban J connectivity index is 4.44. The molecular formula is C36H64N2O5. The molecular weight excluding hydrogens is 540 g/mol. The smallest absolute Gasteiger partial charge is 0.326 e. The van der Waals surface area contributed by atoms with Gasteiger partial charge in [0.25, 0.3) is 0 Å². The van der Waals surface area contributed by atoms with Crippen molar-refractivity contribution < 1.29 is 24.2 Å². The van der Waals surface area contributed by atoms with Crippen LogP contribution in [0, 0.1) is 0 Å². The first kappa shape index (κ1) is 40.6. The van der Waals surface area contributed by atoms with Crippen molar-refractivity contribution in [2.24, 2.45) is 5.73 Å². The van der Waals surface area contributed by atoms with Crippen LogP contribution in [0.25, 0.3) is 0 Å². The van der Waals surface area contributed by atoms with Crippen LogP contribution in [0.2, 0.25) is 0 Å². The molecule has 43 heavy (non-hydrogen) atoms. The quantitative estimate of drug-likeness (QED) is 0.0429. The van der Waals surface area contributed by atoms with E-state index < -0.39 is 12.0 Å². The van der Waals surface area contributed by atoms with Crippen LogP contribution in [0.3, 0.4) is 0 Å². The predicted molar refractivity (Wildman–Crippen MR) is 179 cm³/mol. The Labute approximate surface area is 263 Å². The van der Waals surface area contributed by atoms with Crippen LogP contribution in [-0.2, 0) is 19.1 Å². The molecule has 0 aliphatic carbocycles. The summed E-state index contributed by atoms with van der Waals surface area (Å²) in [5.41, 5.74) is 5.46. The molecule has 0 aromatic heterocycles. The van der Waals surface area contributed by atoms with E-state index in [0.717, 1.165) is 64.2 Å². The molecule has 248 valence electrons. The summed E-state index contributed by atoms with van der Waals surface area (Å²) in [5, 5.41) is 11.9. The van der Waals surface area contributed by atoms with Crippen molar-refractivity contribution in [2.75, 3.05) is 6.54 Å². The Morgan fingerprint density at radius 3 is 2.02 bits per heavy atom. The fourth-order valence-electron chi connectivity index (χ4n) is 4.75. The maximum atomic E-state index is 12.6. The largest absolute Gasteiger partial charge is 0.480 e. The van der Waals surface area contributed by atoms with Gasteiger partial charge in [-0.3, -0.25) is 9.59 Å². The molecule has 4 N–H and O–H groups in total. The third-order valence-corrected chi connectivity index (χ3v) is 7.39. The second-order valence-electron chi connectivity index (χ2n) is 11.6. The predicted octanol–water partition coefficient (Wildman–Crippen LogP) is 8.72. The van der Waals surface area contributed by atoms with E-state index in [1.54, 1.807) is 0 Å². The summed E-state index contributed by atoms with van der Waals surface area (Å²) in [6.07, 6.45) is 33.4. The van der Waals surface area contributed by atoms with Crippen LogP contribution in [0.1, 0.15) is 155 Å². The highest BCUT2D eigenvalue weighted by atomic mass is 16.5. The number of aliphatic carboxylic acids is 1. The number of allylic oxidation sites excluding steroid dienone is 5. The molecule has 0 saturated carbocycles. The molecule has 7 heteroatoms. The van der Waals surface area contributed by atoms with Crippen molar-refractivity contribution in [3.63, 3.8) is 0 Å². The molecule has 0 aliphatic rings. The summed E-state index contributed by atoms with van der Waals surface area (Å²) in [6, 6.07) is -0.873. The molecule has 0 aromatic carbocycles. The van der Waals surface area contributed by atoms with E-state index in [9.17, 15) is 19.5 Å². The molecule has 1 amide bonds. The lowest BCUT2D eigenvalue weighted by atomic mass is 10.1. The maximum absolute atomic E-state index is 12.6. The zero-order chi connectivity index (χ0) is 31.8. The van der Waals surface area contributed by atoms with Crippen LogP contribution in [-0.4, -0.2) is 41.6 Å². The number of carbonyl (C=O) groups excluding carboxylic acids is 2. The normalized spacial score (nSPS) is 13.2. The van der Waals surface area contributed by atoms with E-state index in [1.807, 2.05) is 6.08 Å². The van der Waals surface area contributed by atoms with Crippen LogP contribution < -0.4 is 11.1 Å². The van der Waals surface area contributed by atoms with Gasteiger partial charge in [0.15, 0.2) is 0 Å². The van der Waals surface area contributed by atoms with Gasteiger partial charge in [-0.1, -0.05) is 95.6 Å². The molecule has 0 rings (SSSR count). The third kappa shape index (κ3) is 28.1. The van der Waals surface area contributed by atoms with Crippen LogP contribution in [0.15, 0.2) is 36.5 Å². The summed E-state index contributed by atoms with van der Waals surface area (Å²) in [7, 11) is 0. The number of unbranched alkanes of at least 4 members (excludes halogenated alkanes) is 12. The lowest BCUT2D eigenvalue weighted by molar-refractivity contribution is -0.147. The standard InChI is InChI=1S/C36H64N2O5/c1-3-5-7-9-11-13-14-16-18-24-30-35(40)43-32(26-21-17-15-12-10-8-6-4-2)27-22-19-20-23-29-34(39)38-33(36(41)42)28-25-31-37/h7,9,12,15,21,26,32-33H,3-6,8,10-11,13-14,16-20,22-25,27-31,37H2,1-2H3,(H,38,39)(H,41,42)/b9-7-,15-12-,26-21-. The maximum Gasteiger partial charge on any atom is 0.326 e. The highest BCUT2D eigenvalue weighted by Gasteiger charge is 2.18. The Bertz CT molecular complexity index is 778. The summed E-state index contributed by atoms with van der Waals surface area (Å²) >= 11 is 0. The number of hydrogen-bond donors (Lipinski definition) is 3. The van der Waals surface area contributed by atoms with E-state index in [4.69, 9.17) is 10.5 Å². The lowest BCUT2D eigenvalue weighted by Crippen LogP contribution is -2.40. The van der Waals surface area contributed by atoms with E-state index >= 15 is 0 Å². The number of rotatable bonds is 30. The minimum Gasteiger partial charge on any atom is -0.480 e. The van der Waals surface area contributed by atoms with Crippen molar-refractivity contribution in [3.05, 3.63) is 36.5 Å². The van der Waals surface area contributed by atoms with Crippen LogP contribution in [0.5, 0.6) is 0 Å². The Hall–Kier alpha value is -2.41. The molecule has 2 unspecified atom stereocenters. The minimum absolute atomic E-state index is 0.119. The van der Waals surface area contributed by atoms with Gasteiger partial charge in [0, 0.05) is 12.8 Å². The Morgan fingerprint density at radius 1 is 0.698 bits per heavy atom. The van der Waals surface area contributed by atoms with Gasteiger partial charge in [-0.05, 0) is 89.7 Å². The van der Waals surface area contributed by atoms with Crippen molar-refractivity contribution in [2.45, 2.75) is 167 Å². The molecule has 7 nitrogen and oxygen atoms in total. The average Bonchev–Trinajstić information content (AvgIpc) is 2.98. The molecule has 0 saturated heterocycles. The van der Waals surface area contributed by atoms with E-state index in [-0.39, 0.29) is 18.0 Å². The van der Waals surface area contributed by atoms with Crippen molar-refractivity contribution in [1.82, 2.24) is 5.32 Å². The summed E-state index contributed by atoms with van der Waals surface area (Å²) in [4.78, 5) is 36.0. The zero-order valence-corrected chi connectivity index (χ0v) is 27.5. The fraction of sp³-hybridized carbons (Fsp3) is 0.750. The summed E-state index contributed by atoms with van der Waals surface area (Å²) in [5.74, 6) is -1.37. The molecule has 0 spiro atoms. The number of hydrogen-bond acceptors (Lipinski definition) is 5. The van der Waals surface area contributed by atoms with Gasteiger partial charge >= 0.3 is 11.9 Å². The number of nitrogens with one attached hydrogen (secondary N) is 1. The topological polar surface area (TPSA) is 119 Å². The van der Waals surface area contributed by atoms with Crippen LogP contribution in [0.4, 0.5) is 0 Å². The molecule has 2 atom stereocenters. The first-order valence-corrected chi connectivity index (χ1v) is 17.3. The second kappa shape index (κ2) is 31.0. The van der Waals surface area contributed by atoms with Crippen molar-refractivity contribution in [1.29, 1.82) is 0 Å². The van der Waals surface area contributed by atoms with Gasteiger partial charge in [-0.2, -0.15) is 0 Å². The highest BCUT2D eigenvalue weighted by molar-refractivity contribution is 5.83. The lowest BCUT2D eigenvalue weighted by Gasteiger charge is -2.15. The first-order valence-electron chi connectivity index (χ1n) is 17.3.